The molecule has 186 valence electrons. The average molecular weight is 495 g/mol. The molecule has 3 heterocycles. The smallest absolute Gasteiger partial charge is 0.223 e. The van der Waals surface area contributed by atoms with Gasteiger partial charge in [-0.3, -0.25) is 14.6 Å². The van der Waals surface area contributed by atoms with Crippen LogP contribution in [0.5, 0.6) is 0 Å². The van der Waals surface area contributed by atoms with Gasteiger partial charge in [-0.1, -0.05) is 41.9 Å². The van der Waals surface area contributed by atoms with E-state index < -0.39 is 0 Å². The number of halogens is 1. The average Bonchev–Trinajstić information content (AvgIpc) is 3.22. The number of hydrogen-bond donors (Lipinski definition) is 1. The molecular weight excluding hydrogens is 460 g/mol. The van der Waals surface area contributed by atoms with Crippen molar-refractivity contribution in [3.63, 3.8) is 0 Å². The Morgan fingerprint density at radius 1 is 0.943 bits per heavy atom. The van der Waals surface area contributed by atoms with Crippen molar-refractivity contribution in [3.8, 4) is 0 Å². The number of likely N-dealkylation sites (tertiary alicyclic amines) is 1. The largest absolute Gasteiger partial charge is 0.379 e. The second-order valence-corrected chi connectivity index (χ2v) is 10.1. The number of aromatic nitrogens is 1. The van der Waals surface area contributed by atoms with Crippen LogP contribution in [-0.4, -0.2) is 72.8 Å². The molecule has 1 aromatic heterocycles. The number of morpholine rings is 1. The minimum Gasteiger partial charge on any atom is -0.379 e. The number of carbonyl (C=O) groups excluding carboxylic acids is 1. The van der Waals surface area contributed by atoms with Crippen LogP contribution in [0.3, 0.4) is 0 Å². The molecule has 3 aromatic rings. The van der Waals surface area contributed by atoms with Crippen molar-refractivity contribution in [2.45, 2.75) is 25.9 Å². The lowest BCUT2D eigenvalue weighted by molar-refractivity contribution is -0.126. The summed E-state index contributed by atoms with van der Waals surface area (Å²) < 4.78 is 7.80. The van der Waals surface area contributed by atoms with Crippen LogP contribution in [0.2, 0.25) is 5.02 Å². The number of piperidine rings is 1. The summed E-state index contributed by atoms with van der Waals surface area (Å²) >= 11 is 6.25. The maximum Gasteiger partial charge on any atom is 0.223 e. The van der Waals surface area contributed by atoms with Gasteiger partial charge in [-0.2, -0.15) is 0 Å². The van der Waals surface area contributed by atoms with E-state index in [1.165, 1.54) is 22.2 Å². The molecule has 0 unspecified atom stereocenters. The van der Waals surface area contributed by atoms with Gasteiger partial charge in [0, 0.05) is 61.4 Å². The van der Waals surface area contributed by atoms with Gasteiger partial charge in [0.2, 0.25) is 5.91 Å². The number of benzene rings is 2. The first-order valence-electron chi connectivity index (χ1n) is 12.8. The Hall–Kier alpha value is -2.38. The number of rotatable bonds is 8. The van der Waals surface area contributed by atoms with Crippen molar-refractivity contribution in [1.82, 2.24) is 19.7 Å². The van der Waals surface area contributed by atoms with Gasteiger partial charge in [-0.05, 0) is 61.1 Å². The molecule has 0 saturated carbocycles. The number of nitrogens with zero attached hydrogens (tertiary/aromatic N) is 3. The van der Waals surface area contributed by atoms with Gasteiger partial charge in [-0.25, -0.2) is 0 Å². The van der Waals surface area contributed by atoms with Crippen molar-refractivity contribution in [3.05, 3.63) is 70.9 Å². The fourth-order valence-corrected chi connectivity index (χ4v) is 5.50. The molecule has 1 amide bonds. The highest BCUT2D eigenvalue weighted by Gasteiger charge is 2.25. The first-order valence-corrected chi connectivity index (χ1v) is 13.2. The minimum absolute atomic E-state index is 0.119. The monoisotopic (exact) mass is 494 g/mol. The summed E-state index contributed by atoms with van der Waals surface area (Å²) in [5.74, 6) is 0.334. The third-order valence-corrected chi connectivity index (χ3v) is 7.54. The molecule has 7 heteroatoms. The number of fused-ring (bicyclic) bond motifs is 1. The highest BCUT2D eigenvalue weighted by Crippen LogP contribution is 2.25. The second kappa shape index (κ2) is 11.6. The van der Waals surface area contributed by atoms with Gasteiger partial charge >= 0.3 is 0 Å². The Morgan fingerprint density at radius 2 is 1.74 bits per heavy atom. The van der Waals surface area contributed by atoms with Crippen LogP contribution in [0.1, 0.15) is 24.1 Å². The Morgan fingerprint density at radius 3 is 2.54 bits per heavy atom. The van der Waals surface area contributed by atoms with Gasteiger partial charge in [0.25, 0.3) is 0 Å². The number of amides is 1. The normalized spacial score (nSPS) is 18.2. The topological polar surface area (TPSA) is 49.7 Å². The predicted octanol–water partition coefficient (Wildman–Crippen LogP) is 4.00. The first kappa shape index (κ1) is 24.3. The Labute approximate surface area is 212 Å². The molecule has 6 nitrogen and oxygen atoms in total. The summed E-state index contributed by atoms with van der Waals surface area (Å²) in [4.78, 5) is 17.6. The summed E-state index contributed by atoms with van der Waals surface area (Å²) in [6.45, 7) is 8.72. The molecule has 35 heavy (non-hydrogen) atoms. The standard InChI is InChI=1S/C28H35ClN4O2/c29-25-6-3-4-22(18-25)20-33-26(19-24-5-1-2-7-27(24)33)21-32-11-8-23(9-12-32)28(34)30-10-13-31-14-16-35-17-15-31/h1-7,18-19,23H,8-17,20-21H2,(H,30,34). The molecular formula is C28H35ClN4O2. The van der Waals surface area contributed by atoms with E-state index in [1.807, 2.05) is 18.2 Å². The quantitative estimate of drug-likeness (QED) is 0.514. The molecule has 2 aromatic carbocycles. The molecule has 1 N–H and O–H groups in total. The van der Waals surface area contributed by atoms with Crippen molar-refractivity contribution >= 4 is 28.4 Å². The number of para-hydroxylation sites is 1. The first-order chi connectivity index (χ1) is 17.2. The fourth-order valence-electron chi connectivity index (χ4n) is 5.29. The fraction of sp³-hybridized carbons (Fsp3) is 0.464. The highest BCUT2D eigenvalue weighted by atomic mass is 35.5. The number of carbonyl (C=O) groups is 1. The summed E-state index contributed by atoms with van der Waals surface area (Å²) in [6.07, 6.45) is 1.83. The van der Waals surface area contributed by atoms with Crippen LogP contribution in [-0.2, 0) is 22.6 Å². The maximum atomic E-state index is 12.7. The number of nitrogens with one attached hydrogen (secondary N) is 1. The van der Waals surface area contributed by atoms with E-state index in [-0.39, 0.29) is 11.8 Å². The van der Waals surface area contributed by atoms with Crippen LogP contribution in [0.15, 0.2) is 54.6 Å². The van der Waals surface area contributed by atoms with E-state index in [4.69, 9.17) is 16.3 Å². The van der Waals surface area contributed by atoms with Crippen LogP contribution in [0.4, 0.5) is 0 Å². The predicted molar refractivity (Wildman–Crippen MR) is 141 cm³/mol. The summed E-state index contributed by atoms with van der Waals surface area (Å²) in [5.41, 5.74) is 3.75. The second-order valence-electron chi connectivity index (χ2n) is 9.71. The Bertz CT molecular complexity index is 1130. The number of ether oxygens (including phenoxy) is 1. The summed E-state index contributed by atoms with van der Waals surface area (Å²) in [6, 6.07) is 19.0. The zero-order valence-electron chi connectivity index (χ0n) is 20.3. The molecule has 2 fully saturated rings. The van der Waals surface area contributed by atoms with Crippen molar-refractivity contribution < 1.29 is 9.53 Å². The molecule has 0 aliphatic carbocycles. The highest BCUT2D eigenvalue weighted by molar-refractivity contribution is 6.30. The molecule has 0 bridgehead atoms. The van der Waals surface area contributed by atoms with Gasteiger partial charge in [0.15, 0.2) is 0 Å². The van der Waals surface area contributed by atoms with Crippen LogP contribution < -0.4 is 5.32 Å². The van der Waals surface area contributed by atoms with Crippen LogP contribution in [0, 0.1) is 5.92 Å². The van der Waals surface area contributed by atoms with Crippen molar-refractivity contribution in [1.29, 1.82) is 0 Å². The van der Waals surface area contributed by atoms with E-state index in [0.717, 1.165) is 83.4 Å². The molecule has 0 radical (unpaired) electrons. The summed E-state index contributed by atoms with van der Waals surface area (Å²) in [5, 5.41) is 5.20. The lowest BCUT2D eigenvalue weighted by Gasteiger charge is -2.32. The minimum atomic E-state index is 0.119. The molecule has 2 saturated heterocycles. The summed E-state index contributed by atoms with van der Waals surface area (Å²) in [7, 11) is 0. The van der Waals surface area contributed by atoms with Gasteiger partial charge in [0.05, 0.1) is 13.2 Å². The van der Waals surface area contributed by atoms with Gasteiger partial charge in [0.1, 0.15) is 0 Å². The number of hydrogen-bond acceptors (Lipinski definition) is 4. The maximum absolute atomic E-state index is 12.7. The molecule has 0 atom stereocenters. The van der Waals surface area contributed by atoms with E-state index in [9.17, 15) is 4.79 Å². The van der Waals surface area contributed by atoms with Gasteiger partial charge in [-0.15, -0.1) is 0 Å². The zero-order chi connectivity index (χ0) is 24.0. The van der Waals surface area contributed by atoms with E-state index in [2.05, 4.69) is 56.1 Å². The lowest BCUT2D eigenvalue weighted by atomic mass is 9.96. The van der Waals surface area contributed by atoms with Crippen molar-refractivity contribution in [2.24, 2.45) is 5.92 Å². The Kier molecular flexibility index (Phi) is 8.04. The van der Waals surface area contributed by atoms with E-state index >= 15 is 0 Å². The molecule has 5 rings (SSSR count). The van der Waals surface area contributed by atoms with E-state index in [0.29, 0.717) is 0 Å². The molecule has 0 spiro atoms. The zero-order valence-corrected chi connectivity index (χ0v) is 21.1. The SMILES string of the molecule is O=C(NCCN1CCOCC1)C1CCN(Cc2cc3ccccc3n2Cc2cccc(Cl)c2)CC1. The van der Waals surface area contributed by atoms with Gasteiger partial charge < -0.3 is 14.6 Å². The third-order valence-electron chi connectivity index (χ3n) is 7.30. The molecule has 2 aliphatic rings. The van der Waals surface area contributed by atoms with Crippen molar-refractivity contribution in [2.75, 3.05) is 52.5 Å². The van der Waals surface area contributed by atoms with Crippen LogP contribution in [0.25, 0.3) is 10.9 Å². The Balaban J connectivity index is 1.17. The third kappa shape index (κ3) is 6.25. The molecule has 2 aliphatic heterocycles. The lowest BCUT2D eigenvalue weighted by Crippen LogP contribution is -2.44. The van der Waals surface area contributed by atoms with E-state index in [1.54, 1.807) is 0 Å². The van der Waals surface area contributed by atoms with Crippen LogP contribution >= 0.6 is 11.6 Å².